The average Bonchev–Trinajstić information content (AvgIpc) is 3.59. The summed E-state index contributed by atoms with van der Waals surface area (Å²) in [7, 11) is 1.69. The van der Waals surface area contributed by atoms with Gasteiger partial charge in [-0.05, 0) is 62.8 Å². The van der Waals surface area contributed by atoms with Gasteiger partial charge in [0.15, 0.2) is 17.5 Å². The van der Waals surface area contributed by atoms with Gasteiger partial charge in [-0.2, -0.15) is 10.4 Å². The number of halogens is 3. The number of aryl methyl sites for hydroxylation is 1. The number of fused-ring (bicyclic) bond motifs is 4. The second-order valence-corrected chi connectivity index (χ2v) is 9.73. The van der Waals surface area contributed by atoms with E-state index >= 15 is 0 Å². The highest BCUT2D eigenvalue weighted by molar-refractivity contribution is 5.95. The molecule has 1 aliphatic carbocycles. The molecular formula is C26H22F3N5O. The highest BCUT2D eigenvalue weighted by Gasteiger charge is 2.47. The van der Waals surface area contributed by atoms with Gasteiger partial charge in [-0.15, -0.1) is 0 Å². The first kappa shape index (κ1) is 21.8. The Balaban J connectivity index is 1.36. The topological polar surface area (TPSA) is 74.8 Å². The van der Waals surface area contributed by atoms with E-state index in [0.29, 0.717) is 29.1 Å². The molecule has 0 spiro atoms. The Hall–Kier alpha value is -3.67. The first-order valence-electron chi connectivity index (χ1n) is 11.7. The van der Waals surface area contributed by atoms with Crippen LogP contribution in [-0.4, -0.2) is 31.6 Å². The van der Waals surface area contributed by atoms with E-state index in [2.05, 4.69) is 16.2 Å². The third-order valence-corrected chi connectivity index (χ3v) is 7.63. The van der Waals surface area contributed by atoms with Gasteiger partial charge in [-0.3, -0.25) is 14.5 Å². The van der Waals surface area contributed by atoms with E-state index in [-0.39, 0.29) is 23.6 Å². The van der Waals surface area contributed by atoms with Crippen molar-refractivity contribution in [3.63, 3.8) is 0 Å². The zero-order valence-corrected chi connectivity index (χ0v) is 19.1. The molecule has 3 aliphatic rings. The van der Waals surface area contributed by atoms with Gasteiger partial charge in [0, 0.05) is 30.4 Å². The molecule has 0 radical (unpaired) electrons. The highest BCUT2D eigenvalue weighted by atomic mass is 19.2. The molecule has 3 aromatic rings. The molecule has 2 aromatic heterocycles. The quantitative estimate of drug-likeness (QED) is 0.511. The Morgan fingerprint density at radius 2 is 1.91 bits per heavy atom. The summed E-state index contributed by atoms with van der Waals surface area (Å²) in [5, 5.41) is 14.1. The predicted octanol–water partition coefficient (Wildman–Crippen LogP) is 4.75. The molecule has 6 rings (SSSR count). The van der Waals surface area contributed by atoms with Crippen LogP contribution in [0.5, 0.6) is 0 Å². The minimum Gasteiger partial charge on any atom is -0.327 e. The fraction of sp³-hybridized carbons (Fsp3) is 0.385. The zero-order valence-electron chi connectivity index (χ0n) is 19.1. The number of hydrogen-bond donors (Lipinski definition) is 0. The van der Waals surface area contributed by atoms with Crippen LogP contribution in [0.1, 0.15) is 65.5 Å². The largest absolute Gasteiger partial charge is 0.327 e. The van der Waals surface area contributed by atoms with Crippen molar-refractivity contribution < 1.29 is 18.0 Å². The van der Waals surface area contributed by atoms with Gasteiger partial charge in [0.05, 0.1) is 40.2 Å². The molecule has 9 heteroatoms. The molecule has 2 bridgehead atoms. The van der Waals surface area contributed by atoms with E-state index in [0.717, 1.165) is 49.8 Å². The first-order valence-corrected chi connectivity index (χ1v) is 11.7. The lowest BCUT2D eigenvalue weighted by Crippen LogP contribution is -2.49. The van der Waals surface area contributed by atoms with Crippen LogP contribution in [0.3, 0.4) is 0 Å². The van der Waals surface area contributed by atoms with E-state index in [1.54, 1.807) is 30.1 Å². The molecule has 4 heterocycles. The summed E-state index contributed by atoms with van der Waals surface area (Å²) in [6.45, 7) is 0. The maximum atomic E-state index is 14.0. The summed E-state index contributed by atoms with van der Waals surface area (Å²) in [6.07, 6.45) is 6.07. The van der Waals surface area contributed by atoms with E-state index in [1.807, 2.05) is 4.90 Å². The van der Waals surface area contributed by atoms with Crippen LogP contribution in [-0.2, 0) is 18.9 Å². The van der Waals surface area contributed by atoms with E-state index in [4.69, 9.17) is 0 Å². The Morgan fingerprint density at radius 1 is 1.17 bits per heavy atom. The Labute approximate surface area is 200 Å². The van der Waals surface area contributed by atoms with Crippen LogP contribution in [0, 0.1) is 28.8 Å². The molecule has 2 unspecified atom stereocenters. The first-order chi connectivity index (χ1) is 16.8. The normalized spacial score (nSPS) is 21.9. The van der Waals surface area contributed by atoms with Gasteiger partial charge in [-0.25, -0.2) is 13.2 Å². The molecule has 35 heavy (non-hydrogen) atoms. The number of nitrogens with zero attached hydrogens (tertiary/aromatic N) is 5. The summed E-state index contributed by atoms with van der Waals surface area (Å²) in [4.78, 5) is 19.9. The summed E-state index contributed by atoms with van der Waals surface area (Å²) in [5.41, 5.74) is 2.97. The van der Waals surface area contributed by atoms with Crippen molar-refractivity contribution >= 4 is 5.91 Å². The second-order valence-electron chi connectivity index (χ2n) is 9.73. The number of pyridine rings is 1. The molecule has 1 saturated heterocycles. The molecule has 1 saturated carbocycles. The van der Waals surface area contributed by atoms with Crippen molar-refractivity contribution in [2.45, 2.75) is 56.0 Å². The van der Waals surface area contributed by atoms with Crippen LogP contribution in [0.15, 0.2) is 30.5 Å². The number of carbonyl (C=O) groups is 1. The maximum Gasteiger partial charge on any atom is 0.256 e. The van der Waals surface area contributed by atoms with Crippen LogP contribution in [0.2, 0.25) is 0 Å². The minimum atomic E-state index is -1.50. The van der Waals surface area contributed by atoms with E-state index in [9.17, 15) is 23.2 Å². The van der Waals surface area contributed by atoms with Gasteiger partial charge in [0.25, 0.3) is 5.91 Å². The summed E-state index contributed by atoms with van der Waals surface area (Å²) >= 11 is 0. The van der Waals surface area contributed by atoms with Crippen molar-refractivity contribution in [2.75, 3.05) is 0 Å². The van der Waals surface area contributed by atoms with Crippen LogP contribution >= 0.6 is 0 Å². The number of aromatic nitrogens is 3. The number of hydrogen-bond acceptors (Lipinski definition) is 4. The van der Waals surface area contributed by atoms with Crippen molar-refractivity contribution in [3.8, 4) is 17.3 Å². The number of carbonyl (C=O) groups excluding carboxylic acids is 1. The molecular weight excluding hydrogens is 455 g/mol. The van der Waals surface area contributed by atoms with Crippen LogP contribution < -0.4 is 0 Å². The SMILES string of the molecule is Cn1nc2c(c1-c1cc(F)c(F)c(F)c1)CC1CCCC2N1C(=O)c1ccc(C2(C#N)CC2)nc1. The lowest BCUT2D eigenvalue weighted by atomic mass is 9.81. The number of benzene rings is 1. The predicted molar refractivity (Wildman–Crippen MR) is 120 cm³/mol. The van der Waals surface area contributed by atoms with Crippen molar-refractivity contribution in [2.24, 2.45) is 7.05 Å². The highest BCUT2D eigenvalue weighted by Crippen LogP contribution is 2.47. The van der Waals surface area contributed by atoms with Gasteiger partial charge < -0.3 is 4.90 Å². The smallest absolute Gasteiger partial charge is 0.256 e. The van der Waals surface area contributed by atoms with Gasteiger partial charge in [0.2, 0.25) is 0 Å². The summed E-state index contributed by atoms with van der Waals surface area (Å²) in [5.74, 6) is -4.14. The van der Waals surface area contributed by atoms with E-state index in [1.165, 1.54) is 0 Å². The van der Waals surface area contributed by atoms with Crippen molar-refractivity contribution in [1.82, 2.24) is 19.7 Å². The number of amides is 1. The summed E-state index contributed by atoms with van der Waals surface area (Å²) < 4.78 is 43.1. The second kappa shape index (κ2) is 7.67. The number of rotatable bonds is 3. The molecule has 2 aliphatic heterocycles. The molecule has 178 valence electrons. The maximum absolute atomic E-state index is 14.0. The van der Waals surface area contributed by atoms with Crippen molar-refractivity contribution in [1.29, 1.82) is 5.26 Å². The fourth-order valence-corrected chi connectivity index (χ4v) is 5.70. The monoisotopic (exact) mass is 477 g/mol. The third-order valence-electron chi connectivity index (χ3n) is 7.63. The Bertz CT molecular complexity index is 1380. The van der Waals surface area contributed by atoms with E-state index < -0.39 is 22.9 Å². The molecule has 1 amide bonds. The fourth-order valence-electron chi connectivity index (χ4n) is 5.70. The van der Waals surface area contributed by atoms with Crippen LogP contribution in [0.25, 0.3) is 11.3 Å². The third kappa shape index (κ3) is 3.27. The molecule has 2 atom stereocenters. The average molecular weight is 477 g/mol. The van der Waals surface area contributed by atoms with Gasteiger partial charge >= 0.3 is 0 Å². The van der Waals surface area contributed by atoms with Crippen molar-refractivity contribution in [3.05, 3.63) is 70.4 Å². The Morgan fingerprint density at radius 3 is 2.54 bits per heavy atom. The lowest BCUT2D eigenvalue weighted by Gasteiger charge is -2.45. The molecule has 6 nitrogen and oxygen atoms in total. The van der Waals surface area contributed by atoms with Gasteiger partial charge in [0.1, 0.15) is 0 Å². The molecule has 2 fully saturated rings. The number of nitriles is 1. The Kier molecular flexibility index (Phi) is 4.78. The summed E-state index contributed by atoms with van der Waals surface area (Å²) in [6, 6.07) is 7.44. The molecule has 0 N–H and O–H groups in total. The van der Waals surface area contributed by atoms with Gasteiger partial charge in [-0.1, -0.05) is 0 Å². The standard InChI is InChI=1S/C26H22F3N5O/c1-33-24(15-9-18(27)22(29)19(28)10-15)17-11-16-3-2-4-20(23(17)32-33)34(16)25(35)14-5-6-21(31-12-14)26(13-30)7-8-26/h5-6,9-10,12,16,20H,2-4,7-8,11H2,1H3. The lowest BCUT2D eigenvalue weighted by molar-refractivity contribution is 0.0391. The minimum absolute atomic E-state index is 0.0969. The molecule has 1 aromatic carbocycles. The zero-order chi connectivity index (χ0) is 24.5. The van der Waals surface area contributed by atoms with Crippen LogP contribution in [0.4, 0.5) is 13.2 Å². The number of piperidine rings is 1.